The minimum absolute atomic E-state index is 0.222. The van der Waals surface area contributed by atoms with Gasteiger partial charge in [0, 0.05) is 17.0 Å². The van der Waals surface area contributed by atoms with Gasteiger partial charge in [0.25, 0.3) is 0 Å². The number of Topliss-reactive ketones (excluding diaryl/α,β-unsaturated/α-hetero) is 1. The Morgan fingerprint density at radius 1 is 1.05 bits per heavy atom. The van der Waals surface area contributed by atoms with Crippen LogP contribution >= 0.6 is 0 Å². The average molecular weight is 269 g/mol. The number of rotatable bonds is 4. The van der Waals surface area contributed by atoms with Gasteiger partial charge >= 0.3 is 0 Å². The van der Waals surface area contributed by atoms with E-state index in [-0.39, 0.29) is 18.2 Å². The van der Waals surface area contributed by atoms with Gasteiger partial charge in [-0.3, -0.25) is 14.9 Å². The molecule has 0 saturated carbocycles. The fourth-order valence-electron chi connectivity index (χ4n) is 1.82. The summed E-state index contributed by atoms with van der Waals surface area (Å²) in [5, 5.41) is 2.54. The molecule has 0 saturated heterocycles. The van der Waals surface area contributed by atoms with Gasteiger partial charge in [0.05, 0.1) is 6.42 Å². The molecule has 1 N–H and O–H groups in total. The predicted molar refractivity (Wildman–Crippen MR) is 75.5 cm³/mol. The van der Waals surface area contributed by atoms with E-state index in [1.807, 2.05) is 26.0 Å². The maximum absolute atomic E-state index is 11.9. The van der Waals surface area contributed by atoms with Crippen molar-refractivity contribution in [2.24, 2.45) is 0 Å². The van der Waals surface area contributed by atoms with Crippen molar-refractivity contribution < 1.29 is 9.59 Å². The lowest BCUT2D eigenvalue weighted by Crippen LogP contribution is -2.18. The number of ketones is 1. The summed E-state index contributed by atoms with van der Waals surface area (Å²) < 4.78 is 0. The summed E-state index contributed by atoms with van der Waals surface area (Å²) >= 11 is 0. The molecule has 1 aromatic heterocycles. The van der Waals surface area contributed by atoms with Gasteiger partial charge in [0.1, 0.15) is 0 Å². The molecule has 0 bridgehead atoms. The van der Waals surface area contributed by atoms with Crippen LogP contribution in [0.3, 0.4) is 0 Å². The largest absolute Gasteiger partial charge is 0.294 e. The summed E-state index contributed by atoms with van der Waals surface area (Å²) in [6.45, 7) is 3.64. The molecule has 2 rings (SSSR count). The molecule has 0 aliphatic rings. The van der Waals surface area contributed by atoms with Gasteiger partial charge < -0.3 is 0 Å². The molecular weight excluding hydrogens is 254 g/mol. The summed E-state index contributed by atoms with van der Waals surface area (Å²) in [4.78, 5) is 31.9. The molecule has 5 nitrogen and oxygen atoms in total. The van der Waals surface area contributed by atoms with E-state index in [9.17, 15) is 9.59 Å². The van der Waals surface area contributed by atoms with Gasteiger partial charge in [-0.25, -0.2) is 9.97 Å². The van der Waals surface area contributed by atoms with Gasteiger partial charge in [-0.2, -0.15) is 0 Å². The summed E-state index contributed by atoms with van der Waals surface area (Å²) in [6.07, 6.45) is -0.222. The van der Waals surface area contributed by atoms with Crippen LogP contribution < -0.4 is 5.32 Å². The van der Waals surface area contributed by atoms with Gasteiger partial charge in [0.2, 0.25) is 11.9 Å². The number of hydrogen-bond donors (Lipinski definition) is 1. The highest BCUT2D eigenvalue weighted by atomic mass is 16.2. The number of nitrogens with zero attached hydrogens (tertiary/aromatic N) is 2. The molecule has 102 valence electrons. The first-order valence-corrected chi connectivity index (χ1v) is 6.25. The third-order valence-corrected chi connectivity index (χ3v) is 2.65. The highest BCUT2D eigenvalue weighted by molar-refractivity contribution is 6.10. The van der Waals surface area contributed by atoms with Crippen molar-refractivity contribution >= 4 is 17.6 Å². The Morgan fingerprint density at radius 3 is 2.25 bits per heavy atom. The van der Waals surface area contributed by atoms with E-state index in [4.69, 9.17) is 0 Å². The third kappa shape index (κ3) is 3.71. The first-order valence-electron chi connectivity index (χ1n) is 6.25. The van der Waals surface area contributed by atoms with E-state index in [0.29, 0.717) is 5.56 Å². The third-order valence-electron chi connectivity index (χ3n) is 2.65. The number of aryl methyl sites for hydroxylation is 2. The summed E-state index contributed by atoms with van der Waals surface area (Å²) in [5.41, 5.74) is 2.05. The molecule has 20 heavy (non-hydrogen) atoms. The first kappa shape index (κ1) is 13.9. The molecular formula is C15H15N3O2. The summed E-state index contributed by atoms with van der Waals surface area (Å²) in [5.74, 6) is -0.412. The number of hydrogen-bond acceptors (Lipinski definition) is 4. The second-order valence-electron chi connectivity index (χ2n) is 4.49. The normalized spacial score (nSPS) is 10.1. The van der Waals surface area contributed by atoms with Crippen LogP contribution in [0.25, 0.3) is 0 Å². The molecule has 0 aliphatic carbocycles. The van der Waals surface area contributed by atoms with Crippen molar-refractivity contribution in [2.75, 3.05) is 5.32 Å². The highest BCUT2D eigenvalue weighted by Crippen LogP contribution is 2.06. The Kier molecular flexibility index (Phi) is 4.20. The fraction of sp³-hybridized carbons (Fsp3) is 0.200. The monoisotopic (exact) mass is 269 g/mol. The first-order chi connectivity index (χ1) is 9.54. The Morgan fingerprint density at radius 2 is 1.65 bits per heavy atom. The molecule has 5 heteroatoms. The van der Waals surface area contributed by atoms with Gasteiger partial charge in [-0.05, 0) is 19.9 Å². The average Bonchev–Trinajstić information content (AvgIpc) is 2.38. The lowest BCUT2D eigenvalue weighted by atomic mass is 10.1. The van der Waals surface area contributed by atoms with Crippen LogP contribution in [0.15, 0.2) is 36.4 Å². The summed E-state index contributed by atoms with van der Waals surface area (Å²) in [7, 11) is 0. The number of anilines is 1. The zero-order valence-corrected chi connectivity index (χ0v) is 11.4. The fourth-order valence-corrected chi connectivity index (χ4v) is 1.82. The molecule has 1 heterocycles. The number of carbonyl (C=O) groups excluding carboxylic acids is 2. The number of carbonyl (C=O) groups is 2. The molecule has 2 aromatic rings. The second-order valence-corrected chi connectivity index (χ2v) is 4.49. The minimum atomic E-state index is -0.413. The SMILES string of the molecule is Cc1cc(C)nc(NC(=O)CC(=O)c2ccccc2)n1. The van der Waals surface area contributed by atoms with E-state index in [0.717, 1.165) is 11.4 Å². The van der Waals surface area contributed by atoms with Crippen LogP contribution in [0.5, 0.6) is 0 Å². The van der Waals surface area contributed by atoms with Gasteiger partial charge in [-0.15, -0.1) is 0 Å². The topological polar surface area (TPSA) is 72.0 Å². The van der Waals surface area contributed by atoms with Crippen molar-refractivity contribution in [3.05, 3.63) is 53.3 Å². The molecule has 1 amide bonds. The maximum atomic E-state index is 11.9. The van der Waals surface area contributed by atoms with E-state index in [1.54, 1.807) is 24.3 Å². The molecule has 0 unspecified atom stereocenters. The van der Waals surface area contributed by atoms with Crippen molar-refractivity contribution in [3.8, 4) is 0 Å². The molecule has 0 aliphatic heterocycles. The smallest absolute Gasteiger partial charge is 0.234 e. The Hall–Kier alpha value is -2.56. The van der Waals surface area contributed by atoms with Crippen LogP contribution in [0.2, 0.25) is 0 Å². The van der Waals surface area contributed by atoms with E-state index < -0.39 is 5.91 Å². The Labute approximate surface area is 117 Å². The van der Waals surface area contributed by atoms with Crippen LogP contribution in [0, 0.1) is 13.8 Å². The predicted octanol–water partition coefficient (Wildman–Crippen LogP) is 2.30. The summed E-state index contributed by atoms with van der Waals surface area (Å²) in [6, 6.07) is 10.5. The van der Waals surface area contributed by atoms with E-state index in [1.165, 1.54) is 0 Å². The minimum Gasteiger partial charge on any atom is -0.294 e. The van der Waals surface area contributed by atoms with Crippen molar-refractivity contribution in [1.29, 1.82) is 0 Å². The number of nitrogens with one attached hydrogen (secondary N) is 1. The van der Waals surface area contributed by atoms with Gasteiger partial charge in [0.15, 0.2) is 5.78 Å². The molecule has 0 fully saturated rings. The van der Waals surface area contributed by atoms with Crippen LogP contribution in [0.4, 0.5) is 5.95 Å². The standard InChI is InChI=1S/C15H15N3O2/c1-10-8-11(2)17-15(16-10)18-14(20)9-13(19)12-6-4-3-5-7-12/h3-8H,9H2,1-2H3,(H,16,17,18,20). The Balaban J connectivity index is 2.01. The maximum Gasteiger partial charge on any atom is 0.234 e. The van der Waals surface area contributed by atoms with Crippen molar-refractivity contribution in [3.63, 3.8) is 0 Å². The second kappa shape index (κ2) is 6.06. The zero-order chi connectivity index (χ0) is 14.5. The molecule has 0 atom stereocenters. The quantitative estimate of drug-likeness (QED) is 0.683. The lowest BCUT2D eigenvalue weighted by Gasteiger charge is -2.05. The van der Waals surface area contributed by atoms with E-state index >= 15 is 0 Å². The molecule has 0 spiro atoms. The van der Waals surface area contributed by atoms with Crippen molar-refractivity contribution in [1.82, 2.24) is 9.97 Å². The molecule has 1 aromatic carbocycles. The van der Waals surface area contributed by atoms with Crippen LogP contribution in [-0.4, -0.2) is 21.7 Å². The number of benzene rings is 1. The highest BCUT2D eigenvalue weighted by Gasteiger charge is 2.12. The van der Waals surface area contributed by atoms with Crippen LogP contribution in [0.1, 0.15) is 28.2 Å². The van der Waals surface area contributed by atoms with Gasteiger partial charge in [-0.1, -0.05) is 30.3 Å². The van der Waals surface area contributed by atoms with E-state index in [2.05, 4.69) is 15.3 Å². The Bertz CT molecular complexity index is 619. The number of aromatic nitrogens is 2. The zero-order valence-electron chi connectivity index (χ0n) is 11.4. The van der Waals surface area contributed by atoms with Crippen molar-refractivity contribution in [2.45, 2.75) is 20.3 Å². The van der Waals surface area contributed by atoms with Crippen LogP contribution in [-0.2, 0) is 4.79 Å². The number of amides is 1. The molecule has 0 radical (unpaired) electrons. The lowest BCUT2D eigenvalue weighted by molar-refractivity contribution is -0.115.